The molecule has 2 nitrogen and oxygen atoms in total. The summed E-state index contributed by atoms with van der Waals surface area (Å²) in [5, 5.41) is 3.12. The second kappa shape index (κ2) is 7.90. The van der Waals surface area contributed by atoms with E-state index in [4.69, 9.17) is 0 Å². The molecule has 98 valence electrons. The van der Waals surface area contributed by atoms with Gasteiger partial charge in [-0.25, -0.2) is 0 Å². The quantitative estimate of drug-likeness (QED) is 0.701. The highest BCUT2D eigenvalue weighted by atomic mass is 19.4. The minimum absolute atomic E-state index is 0.0171. The van der Waals surface area contributed by atoms with Crippen molar-refractivity contribution < 1.29 is 13.2 Å². The van der Waals surface area contributed by atoms with Gasteiger partial charge in [-0.15, -0.1) is 0 Å². The fourth-order valence-electron chi connectivity index (χ4n) is 1.79. The normalized spacial score (nSPS) is 14.4. The maximum Gasteiger partial charge on any atom is 0.401 e. The van der Waals surface area contributed by atoms with Crippen LogP contribution in [0, 0.1) is 0 Å². The van der Waals surface area contributed by atoms with E-state index in [1.165, 1.54) is 4.90 Å². The lowest BCUT2D eigenvalue weighted by Gasteiger charge is -2.31. The molecule has 0 rings (SSSR count). The molecule has 0 aromatic carbocycles. The zero-order valence-electron chi connectivity index (χ0n) is 10.4. The van der Waals surface area contributed by atoms with Gasteiger partial charge in [-0.05, 0) is 19.5 Å². The van der Waals surface area contributed by atoms with Crippen molar-refractivity contribution in [2.45, 2.75) is 45.8 Å². The van der Waals surface area contributed by atoms with E-state index in [1.54, 1.807) is 6.92 Å². The van der Waals surface area contributed by atoms with Crippen molar-refractivity contribution in [1.29, 1.82) is 0 Å². The molecular weight excluding hydrogens is 217 g/mol. The molecule has 0 aliphatic heterocycles. The van der Waals surface area contributed by atoms with Crippen molar-refractivity contribution in [2.24, 2.45) is 0 Å². The Morgan fingerprint density at radius 3 is 2.19 bits per heavy atom. The average Bonchev–Trinajstić information content (AvgIpc) is 2.19. The van der Waals surface area contributed by atoms with Crippen molar-refractivity contribution >= 4 is 0 Å². The van der Waals surface area contributed by atoms with Crippen molar-refractivity contribution in [3.63, 3.8) is 0 Å². The van der Waals surface area contributed by atoms with Crippen molar-refractivity contribution in [3.8, 4) is 0 Å². The molecule has 0 aliphatic carbocycles. The largest absolute Gasteiger partial charge is 0.401 e. The highest BCUT2D eigenvalue weighted by molar-refractivity contribution is 4.75. The van der Waals surface area contributed by atoms with Crippen LogP contribution in [0.1, 0.15) is 33.6 Å². The van der Waals surface area contributed by atoms with Gasteiger partial charge in [0.05, 0.1) is 6.54 Å². The van der Waals surface area contributed by atoms with E-state index in [9.17, 15) is 13.2 Å². The zero-order valence-corrected chi connectivity index (χ0v) is 10.4. The van der Waals surface area contributed by atoms with Crippen molar-refractivity contribution in [1.82, 2.24) is 10.2 Å². The van der Waals surface area contributed by atoms with Crippen LogP contribution in [0.15, 0.2) is 0 Å². The van der Waals surface area contributed by atoms with Gasteiger partial charge in [0.15, 0.2) is 0 Å². The summed E-state index contributed by atoms with van der Waals surface area (Å²) < 4.78 is 37.1. The zero-order chi connectivity index (χ0) is 12.6. The number of likely N-dealkylation sites (N-methyl/N-ethyl adjacent to an activating group) is 2. The van der Waals surface area contributed by atoms with E-state index in [0.717, 1.165) is 19.4 Å². The minimum Gasteiger partial charge on any atom is -0.315 e. The van der Waals surface area contributed by atoms with E-state index in [2.05, 4.69) is 5.32 Å². The number of rotatable bonds is 8. The number of hydrogen-bond donors (Lipinski definition) is 1. The molecule has 0 spiro atoms. The highest BCUT2D eigenvalue weighted by Crippen LogP contribution is 2.19. The van der Waals surface area contributed by atoms with E-state index >= 15 is 0 Å². The van der Waals surface area contributed by atoms with Crippen LogP contribution in [-0.4, -0.2) is 43.3 Å². The van der Waals surface area contributed by atoms with E-state index in [-0.39, 0.29) is 6.04 Å². The summed E-state index contributed by atoms with van der Waals surface area (Å²) in [6.07, 6.45) is -2.39. The van der Waals surface area contributed by atoms with Gasteiger partial charge < -0.3 is 5.32 Å². The van der Waals surface area contributed by atoms with Gasteiger partial charge >= 0.3 is 6.18 Å². The number of nitrogens with zero attached hydrogens (tertiary/aromatic N) is 1. The first-order valence-electron chi connectivity index (χ1n) is 5.96. The predicted molar refractivity (Wildman–Crippen MR) is 60.5 cm³/mol. The third-order valence-corrected chi connectivity index (χ3v) is 2.56. The third-order valence-electron chi connectivity index (χ3n) is 2.56. The lowest BCUT2D eigenvalue weighted by atomic mass is 10.1. The molecule has 0 radical (unpaired) electrons. The molecule has 16 heavy (non-hydrogen) atoms. The molecule has 1 atom stereocenters. The van der Waals surface area contributed by atoms with Gasteiger partial charge in [-0.3, -0.25) is 4.90 Å². The Kier molecular flexibility index (Phi) is 7.76. The predicted octanol–water partition coefficient (Wildman–Crippen LogP) is 2.65. The summed E-state index contributed by atoms with van der Waals surface area (Å²) in [5.74, 6) is 0. The molecule has 1 N–H and O–H groups in total. The van der Waals surface area contributed by atoms with Gasteiger partial charge in [-0.2, -0.15) is 13.2 Å². The molecule has 0 aliphatic rings. The van der Waals surface area contributed by atoms with Gasteiger partial charge in [-0.1, -0.05) is 27.2 Å². The smallest absolute Gasteiger partial charge is 0.315 e. The second-order valence-corrected chi connectivity index (χ2v) is 3.93. The summed E-state index contributed by atoms with van der Waals surface area (Å²) in [6.45, 7) is 6.80. The molecule has 0 aromatic rings. The second-order valence-electron chi connectivity index (χ2n) is 3.93. The summed E-state index contributed by atoms with van der Waals surface area (Å²) in [6, 6.07) is -0.0171. The summed E-state index contributed by atoms with van der Waals surface area (Å²) in [4.78, 5) is 1.51. The van der Waals surface area contributed by atoms with E-state index in [0.29, 0.717) is 13.1 Å². The Labute approximate surface area is 96.2 Å². The monoisotopic (exact) mass is 240 g/mol. The van der Waals surface area contributed by atoms with Crippen LogP contribution in [-0.2, 0) is 0 Å². The number of alkyl halides is 3. The van der Waals surface area contributed by atoms with Crippen LogP contribution >= 0.6 is 0 Å². The van der Waals surface area contributed by atoms with Gasteiger partial charge in [0.1, 0.15) is 0 Å². The van der Waals surface area contributed by atoms with Crippen LogP contribution < -0.4 is 5.32 Å². The summed E-state index contributed by atoms with van der Waals surface area (Å²) in [5.41, 5.74) is 0. The average molecular weight is 240 g/mol. The maximum atomic E-state index is 12.4. The first-order chi connectivity index (χ1) is 7.44. The minimum atomic E-state index is -4.10. The lowest BCUT2D eigenvalue weighted by Crippen LogP contribution is -2.46. The fraction of sp³-hybridized carbons (Fsp3) is 1.00. The Balaban J connectivity index is 4.32. The standard InChI is InChI=1S/C11H23F3N2/c1-4-7-10(8-15-5-2)16(6-3)9-11(12,13)14/h10,15H,4-9H2,1-3H3. The number of hydrogen-bond acceptors (Lipinski definition) is 2. The molecule has 0 fully saturated rings. The summed E-state index contributed by atoms with van der Waals surface area (Å²) >= 11 is 0. The van der Waals surface area contributed by atoms with E-state index < -0.39 is 12.7 Å². The number of nitrogens with one attached hydrogen (secondary N) is 1. The van der Waals surface area contributed by atoms with Crippen LogP contribution in [0.2, 0.25) is 0 Å². The van der Waals surface area contributed by atoms with Crippen molar-refractivity contribution in [3.05, 3.63) is 0 Å². The van der Waals surface area contributed by atoms with Gasteiger partial charge in [0.25, 0.3) is 0 Å². The third kappa shape index (κ3) is 7.06. The molecule has 5 heteroatoms. The molecule has 0 aromatic heterocycles. The maximum absolute atomic E-state index is 12.4. The Morgan fingerprint density at radius 2 is 1.81 bits per heavy atom. The first-order valence-corrected chi connectivity index (χ1v) is 5.96. The SMILES string of the molecule is CCCC(CNCC)N(CC)CC(F)(F)F. The van der Waals surface area contributed by atoms with Crippen LogP contribution in [0.3, 0.4) is 0 Å². The first kappa shape index (κ1) is 15.7. The highest BCUT2D eigenvalue weighted by Gasteiger charge is 2.32. The lowest BCUT2D eigenvalue weighted by molar-refractivity contribution is -0.150. The Morgan fingerprint density at radius 1 is 1.19 bits per heavy atom. The van der Waals surface area contributed by atoms with Gasteiger partial charge in [0.2, 0.25) is 0 Å². The fourth-order valence-corrected chi connectivity index (χ4v) is 1.79. The molecule has 1 unspecified atom stereocenters. The molecule has 0 bridgehead atoms. The Hall–Kier alpha value is -0.290. The molecule has 0 saturated heterocycles. The topological polar surface area (TPSA) is 15.3 Å². The van der Waals surface area contributed by atoms with Crippen LogP contribution in [0.25, 0.3) is 0 Å². The summed E-state index contributed by atoms with van der Waals surface area (Å²) in [7, 11) is 0. The van der Waals surface area contributed by atoms with Crippen LogP contribution in [0.5, 0.6) is 0 Å². The Bertz CT molecular complexity index is 171. The molecule has 0 amide bonds. The van der Waals surface area contributed by atoms with Gasteiger partial charge in [0, 0.05) is 12.6 Å². The van der Waals surface area contributed by atoms with E-state index in [1.807, 2.05) is 13.8 Å². The van der Waals surface area contributed by atoms with Crippen LogP contribution in [0.4, 0.5) is 13.2 Å². The molecule has 0 saturated carbocycles. The number of halogens is 3. The van der Waals surface area contributed by atoms with Crippen molar-refractivity contribution in [2.75, 3.05) is 26.2 Å². The molecule has 0 heterocycles. The molecular formula is C11H23F3N2.